The lowest BCUT2D eigenvalue weighted by molar-refractivity contribution is -0.149. The van der Waals surface area contributed by atoms with Crippen molar-refractivity contribution in [2.24, 2.45) is 0 Å². The van der Waals surface area contributed by atoms with Gasteiger partial charge in [0.15, 0.2) is 0 Å². The third-order valence-electron chi connectivity index (χ3n) is 4.79. The molecule has 1 aromatic heterocycles. The molecule has 0 aliphatic heterocycles. The van der Waals surface area contributed by atoms with Crippen LogP contribution in [-0.2, 0) is 22.4 Å². The summed E-state index contributed by atoms with van der Waals surface area (Å²) in [6, 6.07) is 12.3. The first-order valence-electron chi connectivity index (χ1n) is 8.66. The van der Waals surface area contributed by atoms with Crippen LogP contribution in [0.5, 0.6) is 5.75 Å². The van der Waals surface area contributed by atoms with E-state index in [2.05, 4.69) is 0 Å². The fourth-order valence-corrected chi connectivity index (χ4v) is 3.70. The average molecular weight is 385 g/mol. The molecule has 0 saturated heterocycles. The van der Waals surface area contributed by atoms with Gasteiger partial charge in [0, 0.05) is 22.6 Å². The smallest absolute Gasteiger partial charge is 0.351 e. The van der Waals surface area contributed by atoms with Crippen LogP contribution in [0.3, 0.4) is 0 Å². The van der Waals surface area contributed by atoms with Crippen molar-refractivity contribution in [3.63, 3.8) is 0 Å². The molecule has 3 aromatic rings. The number of carbonyl (C=O) groups is 1. The summed E-state index contributed by atoms with van der Waals surface area (Å²) in [6.07, 6.45) is 1.49. The molecule has 1 heterocycles. The second-order valence-electron chi connectivity index (χ2n) is 6.41. The molecule has 0 bridgehead atoms. The van der Waals surface area contributed by atoms with Gasteiger partial charge in [0.1, 0.15) is 11.3 Å². The predicted molar refractivity (Wildman–Crippen MR) is 101 cm³/mol. The van der Waals surface area contributed by atoms with Gasteiger partial charge in [-0.2, -0.15) is 0 Å². The fourth-order valence-electron chi connectivity index (χ4n) is 3.49. The van der Waals surface area contributed by atoms with Crippen molar-refractivity contribution in [3.05, 3.63) is 74.6 Å². The number of benzene rings is 2. The maximum absolute atomic E-state index is 12.2. The molecule has 1 atom stereocenters. The molecular weight excluding hydrogens is 368 g/mol. The summed E-state index contributed by atoms with van der Waals surface area (Å²) in [7, 11) is 1.30. The quantitative estimate of drug-likeness (QED) is 0.497. The monoisotopic (exact) mass is 384 g/mol. The molecule has 138 valence electrons. The maximum Gasteiger partial charge on any atom is 0.351 e. The van der Waals surface area contributed by atoms with Gasteiger partial charge in [-0.3, -0.25) is 0 Å². The van der Waals surface area contributed by atoms with Gasteiger partial charge in [0.05, 0.1) is 12.1 Å². The van der Waals surface area contributed by atoms with E-state index in [1.807, 2.05) is 6.07 Å². The molecule has 0 N–H and O–H groups in total. The van der Waals surface area contributed by atoms with Crippen LogP contribution in [0.25, 0.3) is 11.0 Å². The number of esters is 1. The van der Waals surface area contributed by atoms with E-state index in [0.29, 0.717) is 16.2 Å². The van der Waals surface area contributed by atoms with Crippen molar-refractivity contribution in [2.75, 3.05) is 7.11 Å². The lowest BCUT2D eigenvalue weighted by atomic mass is 10.1. The van der Waals surface area contributed by atoms with Crippen LogP contribution in [0.15, 0.2) is 51.7 Å². The number of ether oxygens (including phenoxy) is 2. The van der Waals surface area contributed by atoms with E-state index in [-0.39, 0.29) is 11.4 Å². The van der Waals surface area contributed by atoms with Gasteiger partial charge in [-0.1, -0.05) is 41.9 Å². The van der Waals surface area contributed by atoms with Crippen molar-refractivity contribution >= 4 is 28.5 Å². The normalized spacial score (nSPS) is 14.0. The number of carbonyl (C=O) groups excluding carboxylic acids is 1. The fraction of sp³-hybridized carbons (Fsp3) is 0.238. The van der Waals surface area contributed by atoms with Crippen LogP contribution < -0.4 is 10.4 Å². The van der Waals surface area contributed by atoms with E-state index in [1.165, 1.54) is 7.11 Å². The standard InChI is InChI=1S/C21H17ClO5/c1-25-21(24)19(12-6-3-2-4-7-12)26-18-11-17-15(10-16(18)22)13-8-5-9-14(13)20(23)27-17/h2-4,6-7,10-11,19H,5,8-9H2,1H3/t19-/m1/s1. The van der Waals surface area contributed by atoms with Crippen molar-refractivity contribution in [1.82, 2.24) is 0 Å². The van der Waals surface area contributed by atoms with Gasteiger partial charge in [-0.05, 0) is 30.9 Å². The zero-order valence-corrected chi connectivity index (χ0v) is 15.4. The van der Waals surface area contributed by atoms with E-state index in [9.17, 15) is 9.59 Å². The highest BCUT2D eigenvalue weighted by atomic mass is 35.5. The van der Waals surface area contributed by atoms with E-state index in [4.69, 9.17) is 25.5 Å². The number of hydrogen-bond acceptors (Lipinski definition) is 5. The van der Waals surface area contributed by atoms with E-state index < -0.39 is 12.1 Å². The molecule has 27 heavy (non-hydrogen) atoms. The summed E-state index contributed by atoms with van der Waals surface area (Å²) in [5, 5.41) is 1.16. The third-order valence-corrected chi connectivity index (χ3v) is 5.08. The Kier molecular flexibility index (Phi) is 4.62. The Morgan fingerprint density at radius 1 is 1.15 bits per heavy atom. The van der Waals surface area contributed by atoms with Crippen molar-refractivity contribution < 1.29 is 18.7 Å². The summed E-state index contributed by atoms with van der Waals surface area (Å²) in [4.78, 5) is 24.4. The molecule has 6 heteroatoms. The molecular formula is C21H17ClO5. The summed E-state index contributed by atoms with van der Waals surface area (Å²) in [5.74, 6) is -0.294. The number of fused-ring (bicyclic) bond motifs is 3. The molecule has 1 aliphatic carbocycles. The Morgan fingerprint density at radius 2 is 1.89 bits per heavy atom. The second-order valence-corrected chi connectivity index (χ2v) is 6.82. The van der Waals surface area contributed by atoms with E-state index in [0.717, 1.165) is 35.8 Å². The zero-order chi connectivity index (χ0) is 19.0. The predicted octanol–water partition coefficient (Wildman–Crippen LogP) is 4.23. The number of hydrogen-bond donors (Lipinski definition) is 0. The molecule has 5 nitrogen and oxygen atoms in total. The van der Waals surface area contributed by atoms with Gasteiger partial charge < -0.3 is 13.9 Å². The molecule has 4 rings (SSSR count). The van der Waals surface area contributed by atoms with Crippen molar-refractivity contribution in [1.29, 1.82) is 0 Å². The van der Waals surface area contributed by atoms with Crippen LogP contribution in [-0.4, -0.2) is 13.1 Å². The number of rotatable bonds is 4. The molecule has 0 amide bonds. The summed E-state index contributed by atoms with van der Waals surface area (Å²) in [5.41, 5.74) is 2.43. The maximum atomic E-state index is 12.2. The Labute approximate surface area is 160 Å². The molecule has 0 fully saturated rings. The van der Waals surface area contributed by atoms with E-state index >= 15 is 0 Å². The largest absolute Gasteiger partial charge is 0.472 e. The van der Waals surface area contributed by atoms with Crippen LogP contribution >= 0.6 is 11.6 Å². The van der Waals surface area contributed by atoms with Gasteiger partial charge in [-0.15, -0.1) is 0 Å². The Hall–Kier alpha value is -2.79. The first kappa shape index (κ1) is 17.6. The van der Waals surface area contributed by atoms with Gasteiger partial charge in [0.2, 0.25) is 6.10 Å². The highest BCUT2D eigenvalue weighted by Crippen LogP contribution is 2.36. The highest BCUT2D eigenvalue weighted by molar-refractivity contribution is 6.32. The second kappa shape index (κ2) is 7.08. The highest BCUT2D eigenvalue weighted by Gasteiger charge is 2.26. The molecule has 0 saturated carbocycles. The SMILES string of the molecule is COC(=O)[C@H](Oc1cc2oc(=O)c3c(c2cc1Cl)CCC3)c1ccccc1. The Bertz CT molecular complexity index is 1070. The Morgan fingerprint density at radius 3 is 2.63 bits per heavy atom. The third kappa shape index (κ3) is 3.19. The zero-order valence-electron chi connectivity index (χ0n) is 14.7. The molecule has 2 aromatic carbocycles. The van der Waals surface area contributed by atoms with Crippen molar-refractivity contribution in [3.8, 4) is 5.75 Å². The van der Waals surface area contributed by atoms with Crippen LogP contribution in [0.1, 0.15) is 29.2 Å². The average Bonchev–Trinajstić information content (AvgIpc) is 3.18. The van der Waals surface area contributed by atoms with Crippen LogP contribution in [0.2, 0.25) is 5.02 Å². The minimum Gasteiger partial charge on any atom is -0.472 e. The summed E-state index contributed by atoms with van der Waals surface area (Å²) in [6.45, 7) is 0. The first-order valence-corrected chi connectivity index (χ1v) is 9.04. The Balaban J connectivity index is 1.79. The number of halogens is 1. The molecule has 0 radical (unpaired) electrons. The molecule has 1 aliphatic rings. The van der Waals surface area contributed by atoms with Gasteiger partial charge >= 0.3 is 11.6 Å². The number of aryl methyl sites for hydroxylation is 1. The topological polar surface area (TPSA) is 65.7 Å². The van der Waals surface area contributed by atoms with Gasteiger partial charge in [0.25, 0.3) is 0 Å². The van der Waals surface area contributed by atoms with Crippen LogP contribution in [0, 0.1) is 0 Å². The summed E-state index contributed by atoms with van der Waals surface area (Å²) >= 11 is 6.43. The number of methoxy groups -OCH3 is 1. The minimum absolute atomic E-state index is 0.254. The lowest BCUT2D eigenvalue weighted by Gasteiger charge is -2.18. The summed E-state index contributed by atoms with van der Waals surface area (Å²) < 4.78 is 16.2. The lowest BCUT2D eigenvalue weighted by Crippen LogP contribution is -2.20. The molecule has 0 unspecified atom stereocenters. The van der Waals surface area contributed by atoms with Crippen molar-refractivity contribution in [2.45, 2.75) is 25.4 Å². The minimum atomic E-state index is -0.979. The van der Waals surface area contributed by atoms with Crippen LogP contribution in [0.4, 0.5) is 0 Å². The van der Waals surface area contributed by atoms with E-state index in [1.54, 1.807) is 36.4 Å². The van der Waals surface area contributed by atoms with Gasteiger partial charge in [-0.25, -0.2) is 9.59 Å². The molecule has 0 spiro atoms. The first-order chi connectivity index (χ1) is 13.1.